The first kappa shape index (κ1) is 20.0. The largest absolute Gasteiger partial charge is 0.320 e. The van der Waals surface area contributed by atoms with Gasteiger partial charge in [-0.25, -0.2) is 4.98 Å². The molecule has 0 radical (unpaired) electrons. The molecule has 1 aliphatic rings. The molecule has 1 aliphatic heterocycles. The Bertz CT molecular complexity index is 1050. The number of thiophene rings is 1. The van der Waals surface area contributed by atoms with Crippen molar-refractivity contribution in [2.24, 2.45) is 0 Å². The number of nitrogens with zero attached hydrogens (tertiary/aromatic N) is 2. The second-order valence-corrected chi connectivity index (χ2v) is 9.03. The zero-order chi connectivity index (χ0) is 20.4. The third-order valence-electron chi connectivity index (χ3n) is 4.70. The summed E-state index contributed by atoms with van der Waals surface area (Å²) in [6.45, 7) is 5.01. The number of nitrogens with one attached hydrogen (secondary N) is 2. The second kappa shape index (κ2) is 8.62. The van der Waals surface area contributed by atoms with E-state index in [1.165, 1.54) is 27.6 Å². The molecule has 0 aliphatic carbocycles. The molecule has 0 atom stereocenters. The van der Waals surface area contributed by atoms with Crippen LogP contribution >= 0.6 is 34.3 Å². The summed E-state index contributed by atoms with van der Waals surface area (Å²) in [5.74, 6) is -0.542. The molecular formula is C20H19ClN4O2S2. The van der Waals surface area contributed by atoms with Crippen molar-refractivity contribution < 1.29 is 9.59 Å². The first-order chi connectivity index (χ1) is 14.0. The molecule has 9 heteroatoms. The summed E-state index contributed by atoms with van der Waals surface area (Å²) in [5.41, 5.74) is 1.86. The van der Waals surface area contributed by atoms with E-state index < -0.39 is 0 Å². The lowest BCUT2D eigenvalue weighted by Gasteiger charge is -2.23. The van der Waals surface area contributed by atoms with Crippen LogP contribution in [0.3, 0.4) is 0 Å². The monoisotopic (exact) mass is 446 g/mol. The lowest BCUT2D eigenvalue weighted by molar-refractivity contribution is 0.101. The Morgan fingerprint density at radius 3 is 2.86 bits per heavy atom. The summed E-state index contributed by atoms with van der Waals surface area (Å²) in [4.78, 5) is 33.7. The molecule has 4 rings (SSSR count). The van der Waals surface area contributed by atoms with E-state index in [1.807, 2.05) is 5.38 Å². The van der Waals surface area contributed by atoms with E-state index in [1.54, 1.807) is 30.3 Å². The highest BCUT2D eigenvalue weighted by Gasteiger charge is 2.21. The van der Waals surface area contributed by atoms with Crippen molar-refractivity contribution in [2.45, 2.75) is 19.9 Å². The summed E-state index contributed by atoms with van der Waals surface area (Å²) in [6.07, 6.45) is 0.898. The van der Waals surface area contributed by atoms with Gasteiger partial charge >= 0.3 is 0 Å². The normalized spacial score (nSPS) is 13.7. The Hall–Kier alpha value is -2.26. The third kappa shape index (κ3) is 4.51. The van der Waals surface area contributed by atoms with E-state index in [9.17, 15) is 9.59 Å². The van der Waals surface area contributed by atoms with Gasteiger partial charge in [0.2, 0.25) is 0 Å². The lowest BCUT2D eigenvalue weighted by atomic mass is 10.2. The molecule has 1 aromatic carbocycles. The smallest absolute Gasteiger partial charge is 0.265 e. The Morgan fingerprint density at radius 1 is 1.24 bits per heavy atom. The van der Waals surface area contributed by atoms with E-state index in [0.29, 0.717) is 26.3 Å². The van der Waals surface area contributed by atoms with E-state index in [0.717, 1.165) is 31.7 Å². The summed E-state index contributed by atoms with van der Waals surface area (Å²) in [7, 11) is 0. The number of carbonyl (C=O) groups is 2. The third-order valence-corrected chi connectivity index (χ3v) is 6.90. The molecule has 0 unspecified atom stereocenters. The van der Waals surface area contributed by atoms with Crippen LogP contribution in [0.2, 0.25) is 5.02 Å². The van der Waals surface area contributed by atoms with Crippen LogP contribution in [0.25, 0.3) is 0 Å². The van der Waals surface area contributed by atoms with Crippen LogP contribution in [0, 0.1) is 0 Å². The molecule has 29 heavy (non-hydrogen) atoms. The van der Waals surface area contributed by atoms with Crippen molar-refractivity contribution in [1.82, 2.24) is 9.88 Å². The standard InChI is InChI=1S/C20H19ClN4O2S2/c1-2-25-8-7-14-17(11-25)29-20(23-14)24-18(26)12-5-6-13(21)15(10-12)22-19(27)16-4-3-9-28-16/h3-6,9-10H,2,7-8,11H2,1H3,(H,22,27)(H,23,24,26). The number of amides is 2. The predicted molar refractivity (Wildman–Crippen MR) is 118 cm³/mol. The van der Waals surface area contributed by atoms with Crippen molar-refractivity contribution in [3.05, 3.63) is 61.7 Å². The molecular weight excluding hydrogens is 428 g/mol. The van der Waals surface area contributed by atoms with Gasteiger partial charge in [0.15, 0.2) is 5.13 Å². The molecule has 2 N–H and O–H groups in total. The fourth-order valence-corrected chi connectivity index (χ4v) is 4.92. The number of carbonyl (C=O) groups excluding carboxylic acids is 2. The van der Waals surface area contributed by atoms with Crippen LogP contribution in [0.1, 0.15) is 37.5 Å². The van der Waals surface area contributed by atoms with Crippen molar-refractivity contribution in [3.63, 3.8) is 0 Å². The second-order valence-electron chi connectivity index (χ2n) is 6.59. The Balaban J connectivity index is 1.48. The number of aromatic nitrogens is 1. The minimum Gasteiger partial charge on any atom is -0.320 e. The van der Waals surface area contributed by atoms with E-state index in [-0.39, 0.29) is 11.8 Å². The van der Waals surface area contributed by atoms with E-state index in [2.05, 4.69) is 27.4 Å². The van der Waals surface area contributed by atoms with Crippen LogP contribution in [0.15, 0.2) is 35.7 Å². The summed E-state index contributed by atoms with van der Waals surface area (Å²) in [5, 5.41) is 8.43. The SMILES string of the molecule is CCN1CCc2nc(NC(=O)c3ccc(Cl)c(NC(=O)c4cccs4)c3)sc2C1. The van der Waals surface area contributed by atoms with Gasteiger partial charge < -0.3 is 5.32 Å². The number of anilines is 2. The topological polar surface area (TPSA) is 74.3 Å². The molecule has 3 aromatic rings. The molecule has 6 nitrogen and oxygen atoms in total. The first-order valence-corrected chi connectivity index (χ1v) is 11.3. The van der Waals surface area contributed by atoms with Crippen molar-refractivity contribution in [1.29, 1.82) is 0 Å². The van der Waals surface area contributed by atoms with Gasteiger partial charge in [-0.05, 0) is 36.2 Å². The average molecular weight is 447 g/mol. The molecule has 3 heterocycles. The summed E-state index contributed by atoms with van der Waals surface area (Å²) >= 11 is 9.06. The van der Waals surface area contributed by atoms with Gasteiger partial charge in [-0.3, -0.25) is 19.8 Å². The molecule has 0 fully saturated rings. The minimum atomic E-state index is -0.285. The number of rotatable bonds is 5. The number of fused-ring (bicyclic) bond motifs is 1. The zero-order valence-corrected chi connectivity index (χ0v) is 18.1. The number of likely N-dealkylation sites (N-methyl/N-ethyl adjacent to an activating group) is 1. The number of hydrogen-bond acceptors (Lipinski definition) is 6. The van der Waals surface area contributed by atoms with Crippen LogP contribution < -0.4 is 10.6 Å². The van der Waals surface area contributed by atoms with E-state index in [4.69, 9.17) is 11.6 Å². The fraction of sp³-hybridized carbons (Fsp3) is 0.250. The summed E-state index contributed by atoms with van der Waals surface area (Å²) < 4.78 is 0. The molecule has 2 aromatic heterocycles. The van der Waals surface area contributed by atoms with Crippen LogP contribution in [0.5, 0.6) is 0 Å². The molecule has 0 bridgehead atoms. The van der Waals surface area contributed by atoms with Gasteiger partial charge in [-0.1, -0.05) is 24.6 Å². The highest BCUT2D eigenvalue weighted by atomic mass is 35.5. The van der Waals surface area contributed by atoms with Gasteiger partial charge in [0.25, 0.3) is 11.8 Å². The van der Waals surface area contributed by atoms with Crippen LogP contribution in [-0.2, 0) is 13.0 Å². The van der Waals surface area contributed by atoms with Crippen molar-refractivity contribution in [2.75, 3.05) is 23.7 Å². The van der Waals surface area contributed by atoms with Gasteiger partial charge in [0, 0.05) is 30.0 Å². The van der Waals surface area contributed by atoms with Crippen LogP contribution in [0.4, 0.5) is 10.8 Å². The van der Waals surface area contributed by atoms with Gasteiger partial charge in [0.1, 0.15) is 0 Å². The highest BCUT2D eigenvalue weighted by molar-refractivity contribution is 7.15. The van der Waals surface area contributed by atoms with Crippen molar-refractivity contribution >= 4 is 56.9 Å². The zero-order valence-electron chi connectivity index (χ0n) is 15.7. The molecule has 150 valence electrons. The van der Waals surface area contributed by atoms with E-state index >= 15 is 0 Å². The number of thiazole rings is 1. The molecule has 2 amide bonds. The Morgan fingerprint density at radius 2 is 2.10 bits per heavy atom. The fourth-order valence-electron chi connectivity index (χ4n) is 3.10. The quantitative estimate of drug-likeness (QED) is 0.593. The number of halogens is 1. The number of benzene rings is 1. The molecule has 0 spiro atoms. The maximum absolute atomic E-state index is 12.7. The average Bonchev–Trinajstić information content (AvgIpc) is 3.38. The highest BCUT2D eigenvalue weighted by Crippen LogP contribution is 2.29. The van der Waals surface area contributed by atoms with Crippen LogP contribution in [-0.4, -0.2) is 34.8 Å². The Labute approximate surface area is 181 Å². The minimum absolute atomic E-state index is 0.257. The molecule has 0 saturated heterocycles. The van der Waals surface area contributed by atoms with Gasteiger partial charge in [0.05, 0.1) is 21.3 Å². The summed E-state index contributed by atoms with van der Waals surface area (Å²) in [6, 6.07) is 8.35. The maximum atomic E-state index is 12.7. The van der Waals surface area contributed by atoms with Crippen molar-refractivity contribution in [3.8, 4) is 0 Å². The number of hydrogen-bond donors (Lipinski definition) is 2. The Kier molecular flexibility index (Phi) is 5.96. The maximum Gasteiger partial charge on any atom is 0.265 e. The molecule has 0 saturated carbocycles. The lowest BCUT2D eigenvalue weighted by Crippen LogP contribution is -2.29. The predicted octanol–water partition coefficient (Wildman–Crippen LogP) is 4.74. The first-order valence-electron chi connectivity index (χ1n) is 9.20. The van der Waals surface area contributed by atoms with Gasteiger partial charge in [-0.2, -0.15) is 0 Å². The van der Waals surface area contributed by atoms with Gasteiger partial charge in [-0.15, -0.1) is 22.7 Å².